The van der Waals surface area contributed by atoms with E-state index in [9.17, 15) is 9.59 Å². The summed E-state index contributed by atoms with van der Waals surface area (Å²) in [5.41, 5.74) is 0.402. The third-order valence-corrected chi connectivity index (χ3v) is 2.88. The van der Waals surface area contributed by atoms with E-state index in [1.54, 1.807) is 6.92 Å². The molecular weight excluding hydrogens is 180 g/mol. The second-order valence-electron chi connectivity index (χ2n) is 4.04. The van der Waals surface area contributed by atoms with E-state index in [1.807, 2.05) is 13.0 Å². The van der Waals surface area contributed by atoms with Crippen LogP contribution in [-0.2, 0) is 14.3 Å². The number of carbonyl (C=O) groups is 2. The van der Waals surface area contributed by atoms with Gasteiger partial charge in [0.25, 0.3) is 0 Å². The quantitative estimate of drug-likeness (QED) is 0.633. The average molecular weight is 196 g/mol. The van der Waals surface area contributed by atoms with Crippen molar-refractivity contribution >= 4 is 11.8 Å². The number of carbonyl (C=O) groups excluding carboxylic acids is 2. The number of hydrogen-bond donors (Lipinski definition) is 0. The van der Waals surface area contributed by atoms with E-state index in [0.29, 0.717) is 19.3 Å². The molecule has 0 saturated heterocycles. The Morgan fingerprint density at radius 3 is 2.50 bits per heavy atom. The maximum absolute atomic E-state index is 11.4. The fraction of sp³-hybridized carbons (Fsp3) is 0.636. The molecule has 1 aliphatic rings. The van der Waals surface area contributed by atoms with E-state index >= 15 is 0 Å². The monoisotopic (exact) mass is 196 g/mol. The molecule has 0 fully saturated rings. The van der Waals surface area contributed by atoms with Crippen molar-refractivity contribution in [2.45, 2.75) is 33.1 Å². The summed E-state index contributed by atoms with van der Waals surface area (Å²) in [6, 6.07) is 0. The summed E-state index contributed by atoms with van der Waals surface area (Å²) in [4.78, 5) is 22.5. The lowest BCUT2D eigenvalue weighted by Gasteiger charge is -2.29. The van der Waals surface area contributed by atoms with Crippen molar-refractivity contribution in [2.75, 3.05) is 7.11 Å². The van der Waals surface area contributed by atoms with Crippen molar-refractivity contribution < 1.29 is 14.3 Å². The minimum absolute atomic E-state index is 0.108. The average Bonchev–Trinajstić information content (AvgIpc) is 2.17. The largest absolute Gasteiger partial charge is 0.469 e. The molecule has 3 nitrogen and oxygen atoms in total. The Hall–Kier alpha value is -1.12. The Bertz CT molecular complexity index is 291. The van der Waals surface area contributed by atoms with Crippen LogP contribution in [-0.4, -0.2) is 18.9 Å². The lowest BCUT2D eigenvalue weighted by molar-refractivity contribution is -0.152. The Morgan fingerprint density at radius 2 is 2.14 bits per heavy atom. The predicted octanol–water partition coefficient (Wildman–Crippen LogP) is 1.86. The Labute approximate surface area is 84.1 Å². The van der Waals surface area contributed by atoms with Gasteiger partial charge in [-0.15, -0.1) is 0 Å². The number of esters is 1. The van der Waals surface area contributed by atoms with Crippen molar-refractivity contribution in [3.05, 3.63) is 11.6 Å². The van der Waals surface area contributed by atoms with Gasteiger partial charge in [-0.05, 0) is 38.7 Å². The number of Topliss-reactive ketones (excluding diaryl/α,β-unsaturated/α-hetero) is 1. The van der Waals surface area contributed by atoms with Crippen molar-refractivity contribution in [3.8, 4) is 0 Å². The highest BCUT2D eigenvalue weighted by molar-refractivity contribution is 5.93. The third kappa shape index (κ3) is 2.03. The van der Waals surface area contributed by atoms with Crippen LogP contribution in [0.1, 0.15) is 33.1 Å². The van der Waals surface area contributed by atoms with Crippen LogP contribution in [0.25, 0.3) is 0 Å². The van der Waals surface area contributed by atoms with Crippen LogP contribution in [0.5, 0.6) is 0 Å². The topological polar surface area (TPSA) is 43.4 Å². The molecule has 0 bridgehead atoms. The van der Waals surface area contributed by atoms with Crippen molar-refractivity contribution in [1.29, 1.82) is 0 Å². The zero-order chi connectivity index (χ0) is 10.8. The first-order chi connectivity index (χ1) is 6.49. The fourth-order valence-corrected chi connectivity index (χ4v) is 1.71. The zero-order valence-corrected chi connectivity index (χ0v) is 8.92. The molecule has 0 N–H and O–H groups in total. The van der Waals surface area contributed by atoms with Crippen molar-refractivity contribution in [1.82, 2.24) is 0 Å². The Morgan fingerprint density at radius 1 is 1.50 bits per heavy atom. The molecule has 0 aromatic heterocycles. The van der Waals surface area contributed by atoms with Gasteiger partial charge < -0.3 is 4.74 Å². The highest BCUT2D eigenvalue weighted by Gasteiger charge is 2.35. The van der Waals surface area contributed by atoms with Crippen LogP contribution in [0, 0.1) is 5.41 Å². The first kappa shape index (κ1) is 11.0. The van der Waals surface area contributed by atoms with E-state index in [4.69, 9.17) is 4.74 Å². The molecule has 0 amide bonds. The summed E-state index contributed by atoms with van der Waals surface area (Å²) in [7, 11) is 1.40. The van der Waals surface area contributed by atoms with Gasteiger partial charge in [0.2, 0.25) is 0 Å². The summed E-state index contributed by atoms with van der Waals surface area (Å²) in [5, 5.41) is 0. The number of allylic oxidation sites excluding steroid dienone is 2. The van der Waals surface area contributed by atoms with Crippen LogP contribution in [0.4, 0.5) is 0 Å². The SMILES string of the molecule is COC(=O)C1(C)CC=C(C(C)=O)CC1. The normalized spacial score (nSPS) is 26.6. The van der Waals surface area contributed by atoms with E-state index in [0.717, 1.165) is 5.57 Å². The minimum atomic E-state index is -0.437. The second kappa shape index (κ2) is 3.95. The van der Waals surface area contributed by atoms with Crippen LogP contribution in [0.3, 0.4) is 0 Å². The lowest BCUT2D eigenvalue weighted by Crippen LogP contribution is -2.31. The smallest absolute Gasteiger partial charge is 0.311 e. The molecule has 0 aromatic carbocycles. The van der Waals surface area contributed by atoms with Crippen molar-refractivity contribution in [2.24, 2.45) is 5.41 Å². The summed E-state index contributed by atoms with van der Waals surface area (Å²) < 4.78 is 4.74. The van der Waals surface area contributed by atoms with Crippen molar-refractivity contribution in [3.63, 3.8) is 0 Å². The number of hydrogen-bond acceptors (Lipinski definition) is 3. The zero-order valence-electron chi connectivity index (χ0n) is 8.92. The van der Waals surface area contributed by atoms with Gasteiger partial charge in [0.1, 0.15) is 0 Å². The molecule has 0 aromatic rings. The first-order valence-corrected chi connectivity index (χ1v) is 4.78. The molecule has 3 heteroatoms. The van der Waals surface area contributed by atoms with E-state index in [2.05, 4.69) is 0 Å². The maximum Gasteiger partial charge on any atom is 0.311 e. The molecule has 1 rings (SSSR count). The van der Waals surface area contributed by atoms with E-state index < -0.39 is 5.41 Å². The Balaban J connectivity index is 2.74. The summed E-state index contributed by atoms with van der Waals surface area (Å²) in [5.74, 6) is -0.0757. The number of ketones is 1. The van der Waals surface area contributed by atoms with Crippen LogP contribution >= 0.6 is 0 Å². The summed E-state index contributed by atoms with van der Waals surface area (Å²) in [6.07, 6.45) is 3.85. The van der Waals surface area contributed by atoms with Crippen LogP contribution in [0.15, 0.2) is 11.6 Å². The molecular formula is C11H16O3. The number of rotatable bonds is 2. The van der Waals surface area contributed by atoms with E-state index in [1.165, 1.54) is 7.11 Å². The van der Waals surface area contributed by atoms with Gasteiger partial charge in [-0.3, -0.25) is 9.59 Å². The molecule has 1 aliphatic carbocycles. The first-order valence-electron chi connectivity index (χ1n) is 4.78. The number of methoxy groups -OCH3 is 1. The van der Waals surface area contributed by atoms with Gasteiger partial charge in [-0.2, -0.15) is 0 Å². The highest BCUT2D eigenvalue weighted by Crippen LogP contribution is 2.36. The van der Waals surface area contributed by atoms with Gasteiger partial charge in [-0.1, -0.05) is 6.08 Å². The highest BCUT2D eigenvalue weighted by atomic mass is 16.5. The standard InChI is InChI=1S/C11H16O3/c1-8(12)9-4-6-11(2,7-5-9)10(13)14-3/h4H,5-7H2,1-3H3. The second-order valence-corrected chi connectivity index (χ2v) is 4.04. The predicted molar refractivity (Wildman–Crippen MR) is 52.7 cm³/mol. The lowest BCUT2D eigenvalue weighted by atomic mass is 9.76. The van der Waals surface area contributed by atoms with Gasteiger partial charge in [0.05, 0.1) is 12.5 Å². The molecule has 1 atom stereocenters. The van der Waals surface area contributed by atoms with Crippen LogP contribution in [0.2, 0.25) is 0 Å². The molecule has 14 heavy (non-hydrogen) atoms. The molecule has 1 unspecified atom stereocenters. The Kier molecular flexibility index (Phi) is 3.09. The van der Waals surface area contributed by atoms with E-state index in [-0.39, 0.29) is 11.8 Å². The molecule has 0 radical (unpaired) electrons. The van der Waals surface area contributed by atoms with Crippen LogP contribution < -0.4 is 0 Å². The maximum atomic E-state index is 11.4. The summed E-state index contributed by atoms with van der Waals surface area (Å²) >= 11 is 0. The number of ether oxygens (including phenoxy) is 1. The van der Waals surface area contributed by atoms with Gasteiger partial charge in [-0.25, -0.2) is 0 Å². The molecule has 0 saturated carbocycles. The third-order valence-electron chi connectivity index (χ3n) is 2.88. The van der Waals surface area contributed by atoms with Gasteiger partial charge in [0.15, 0.2) is 5.78 Å². The summed E-state index contributed by atoms with van der Waals surface area (Å²) in [6.45, 7) is 3.44. The minimum Gasteiger partial charge on any atom is -0.469 e. The molecule has 0 spiro atoms. The van der Waals surface area contributed by atoms with Gasteiger partial charge in [0, 0.05) is 0 Å². The molecule has 0 heterocycles. The molecule has 0 aliphatic heterocycles. The van der Waals surface area contributed by atoms with Gasteiger partial charge >= 0.3 is 5.97 Å². The fourth-order valence-electron chi connectivity index (χ4n) is 1.71. The molecule has 78 valence electrons.